The van der Waals surface area contributed by atoms with Crippen molar-refractivity contribution >= 4 is 11.6 Å². The van der Waals surface area contributed by atoms with Crippen molar-refractivity contribution in [2.24, 2.45) is 0 Å². The highest BCUT2D eigenvalue weighted by atomic mass is 19.1. The third kappa shape index (κ3) is 3.16. The zero-order chi connectivity index (χ0) is 19.0. The minimum atomic E-state index is -0.330. The highest BCUT2D eigenvalue weighted by Gasteiger charge is 2.36. The Morgan fingerprint density at radius 2 is 2.00 bits per heavy atom. The molecule has 2 aromatic carbocycles. The van der Waals surface area contributed by atoms with Crippen LogP contribution in [0.3, 0.4) is 0 Å². The Hall–Kier alpha value is -3.22. The quantitative estimate of drug-likeness (QED) is 0.703. The number of ether oxygens (including phenoxy) is 1. The molecule has 0 N–H and O–H groups in total. The Bertz CT molecular complexity index is 984. The molecule has 1 atom stereocenters. The van der Waals surface area contributed by atoms with Gasteiger partial charge in [0.05, 0.1) is 13.0 Å². The SMILES string of the molecule is COc1ccc(-c2noc(C3CC(=O)N(c4cccc(F)c4C)C3)n2)cc1. The van der Waals surface area contributed by atoms with Gasteiger partial charge in [0.1, 0.15) is 11.6 Å². The normalized spacial score (nSPS) is 16.8. The van der Waals surface area contributed by atoms with Crippen LogP contribution in [-0.4, -0.2) is 29.7 Å². The Balaban J connectivity index is 1.56. The Kier molecular flexibility index (Phi) is 4.35. The summed E-state index contributed by atoms with van der Waals surface area (Å²) in [5.41, 5.74) is 1.83. The summed E-state index contributed by atoms with van der Waals surface area (Å²) in [4.78, 5) is 18.5. The smallest absolute Gasteiger partial charge is 0.232 e. The molecule has 1 fully saturated rings. The second-order valence-corrected chi connectivity index (χ2v) is 6.47. The Morgan fingerprint density at radius 3 is 2.74 bits per heavy atom. The van der Waals surface area contributed by atoms with Gasteiger partial charge in [-0.2, -0.15) is 4.98 Å². The average molecular weight is 367 g/mol. The summed E-state index contributed by atoms with van der Waals surface area (Å²) in [5, 5.41) is 4.02. The molecule has 1 unspecified atom stereocenters. The maximum Gasteiger partial charge on any atom is 0.232 e. The molecule has 1 aliphatic rings. The number of amides is 1. The number of aromatic nitrogens is 2. The van der Waals surface area contributed by atoms with Crippen molar-refractivity contribution in [3.8, 4) is 17.1 Å². The molecular formula is C20H18FN3O3. The van der Waals surface area contributed by atoms with Crippen LogP contribution in [0.5, 0.6) is 5.75 Å². The summed E-state index contributed by atoms with van der Waals surface area (Å²) >= 11 is 0. The number of carbonyl (C=O) groups is 1. The molecule has 7 heteroatoms. The van der Waals surface area contributed by atoms with E-state index in [-0.39, 0.29) is 24.1 Å². The highest BCUT2D eigenvalue weighted by Crippen LogP contribution is 2.34. The van der Waals surface area contributed by atoms with Crippen LogP contribution in [0.25, 0.3) is 11.4 Å². The van der Waals surface area contributed by atoms with Gasteiger partial charge in [0.15, 0.2) is 0 Å². The monoisotopic (exact) mass is 367 g/mol. The van der Waals surface area contributed by atoms with Gasteiger partial charge in [0, 0.05) is 29.8 Å². The molecule has 0 bridgehead atoms. The van der Waals surface area contributed by atoms with Crippen molar-refractivity contribution in [1.29, 1.82) is 0 Å². The summed E-state index contributed by atoms with van der Waals surface area (Å²) in [7, 11) is 1.60. The molecule has 0 radical (unpaired) electrons. The van der Waals surface area contributed by atoms with Gasteiger partial charge in [0.25, 0.3) is 0 Å². The number of rotatable bonds is 4. The van der Waals surface area contributed by atoms with E-state index < -0.39 is 0 Å². The predicted molar refractivity (Wildman–Crippen MR) is 97.1 cm³/mol. The zero-order valence-electron chi connectivity index (χ0n) is 15.0. The van der Waals surface area contributed by atoms with Gasteiger partial charge in [-0.25, -0.2) is 4.39 Å². The summed E-state index contributed by atoms with van der Waals surface area (Å²) in [6.07, 6.45) is 0.250. The number of hydrogen-bond donors (Lipinski definition) is 0. The number of methoxy groups -OCH3 is 1. The zero-order valence-corrected chi connectivity index (χ0v) is 15.0. The minimum Gasteiger partial charge on any atom is -0.497 e. The third-order valence-electron chi connectivity index (χ3n) is 4.79. The first-order chi connectivity index (χ1) is 13.1. The number of hydrogen-bond acceptors (Lipinski definition) is 5. The van der Waals surface area contributed by atoms with Gasteiger partial charge in [-0.15, -0.1) is 0 Å². The van der Waals surface area contributed by atoms with E-state index in [0.717, 1.165) is 11.3 Å². The van der Waals surface area contributed by atoms with E-state index >= 15 is 0 Å². The molecule has 138 valence electrons. The van der Waals surface area contributed by atoms with Gasteiger partial charge in [0.2, 0.25) is 17.6 Å². The van der Waals surface area contributed by atoms with Gasteiger partial charge >= 0.3 is 0 Å². The van der Waals surface area contributed by atoms with E-state index in [1.54, 1.807) is 31.1 Å². The van der Waals surface area contributed by atoms with Crippen LogP contribution in [-0.2, 0) is 4.79 Å². The van der Waals surface area contributed by atoms with Crippen LogP contribution >= 0.6 is 0 Å². The fourth-order valence-corrected chi connectivity index (χ4v) is 3.25. The van der Waals surface area contributed by atoms with Crippen LogP contribution in [0.2, 0.25) is 0 Å². The average Bonchev–Trinajstić information content (AvgIpc) is 3.31. The fraction of sp³-hybridized carbons (Fsp3) is 0.250. The van der Waals surface area contributed by atoms with E-state index in [9.17, 15) is 9.18 Å². The van der Waals surface area contributed by atoms with Crippen molar-refractivity contribution in [1.82, 2.24) is 10.1 Å². The lowest BCUT2D eigenvalue weighted by Crippen LogP contribution is -2.25. The third-order valence-corrected chi connectivity index (χ3v) is 4.79. The maximum atomic E-state index is 13.8. The second-order valence-electron chi connectivity index (χ2n) is 6.47. The molecule has 2 heterocycles. The fourth-order valence-electron chi connectivity index (χ4n) is 3.25. The number of nitrogens with zero attached hydrogens (tertiary/aromatic N) is 3. The summed E-state index contributed by atoms with van der Waals surface area (Å²) in [5.74, 6) is 0.970. The Morgan fingerprint density at radius 1 is 1.22 bits per heavy atom. The van der Waals surface area contributed by atoms with E-state index in [4.69, 9.17) is 9.26 Å². The molecule has 0 saturated carbocycles. The van der Waals surface area contributed by atoms with Crippen LogP contribution in [0.15, 0.2) is 47.0 Å². The molecule has 6 nitrogen and oxygen atoms in total. The maximum absolute atomic E-state index is 13.8. The summed E-state index contributed by atoms with van der Waals surface area (Å²) < 4.78 is 24.4. The number of anilines is 1. The van der Waals surface area contributed by atoms with Gasteiger partial charge in [-0.1, -0.05) is 11.2 Å². The molecule has 1 aliphatic heterocycles. The minimum absolute atomic E-state index is 0.0853. The van der Waals surface area contributed by atoms with Gasteiger partial charge < -0.3 is 14.2 Å². The van der Waals surface area contributed by atoms with Crippen molar-refractivity contribution in [2.45, 2.75) is 19.3 Å². The molecule has 0 aliphatic carbocycles. The number of carbonyl (C=O) groups excluding carboxylic acids is 1. The second kappa shape index (κ2) is 6.83. The molecule has 3 aromatic rings. The molecular weight excluding hydrogens is 349 g/mol. The molecule has 27 heavy (non-hydrogen) atoms. The largest absolute Gasteiger partial charge is 0.497 e. The number of halogens is 1. The van der Waals surface area contributed by atoms with Crippen molar-refractivity contribution < 1.29 is 18.4 Å². The molecule has 0 spiro atoms. The molecule has 4 rings (SSSR count). The van der Waals surface area contributed by atoms with Crippen LogP contribution in [0, 0.1) is 12.7 Å². The van der Waals surface area contributed by atoms with Crippen molar-refractivity contribution in [3.63, 3.8) is 0 Å². The van der Waals surface area contributed by atoms with Crippen LogP contribution in [0.4, 0.5) is 10.1 Å². The lowest BCUT2D eigenvalue weighted by molar-refractivity contribution is -0.117. The Labute approximate surface area is 155 Å². The summed E-state index contributed by atoms with van der Waals surface area (Å²) in [6, 6.07) is 12.1. The lowest BCUT2D eigenvalue weighted by atomic mass is 10.1. The number of benzene rings is 2. The van der Waals surface area contributed by atoms with E-state index in [1.165, 1.54) is 6.07 Å². The first-order valence-corrected chi connectivity index (χ1v) is 8.60. The van der Waals surface area contributed by atoms with Gasteiger partial charge in [-0.3, -0.25) is 4.79 Å². The standard InChI is InChI=1S/C20H18FN3O3/c1-12-16(21)4-3-5-17(12)24-11-14(10-18(24)25)20-22-19(23-27-20)13-6-8-15(26-2)9-7-13/h3-9,14H,10-11H2,1-2H3. The first kappa shape index (κ1) is 17.2. The summed E-state index contributed by atoms with van der Waals surface area (Å²) in [6.45, 7) is 2.05. The molecule has 1 amide bonds. The highest BCUT2D eigenvalue weighted by molar-refractivity contribution is 5.97. The molecule has 1 saturated heterocycles. The van der Waals surface area contributed by atoms with E-state index in [1.807, 2.05) is 24.3 Å². The van der Waals surface area contributed by atoms with Crippen molar-refractivity contribution in [3.05, 3.63) is 59.7 Å². The van der Waals surface area contributed by atoms with Crippen molar-refractivity contribution in [2.75, 3.05) is 18.6 Å². The van der Waals surface area contributed by atoms with E-state index in [0.29, 0.717) is 29.5 Å². The topological polar surface area (TPSA) is 68.5 Å². The first-order valence-electron chi connectivity index (χ1n) is 8.60. The lowest BCUT2D eigenvalue weighted by Gasteiger charge is -2.18. The predicted octanol–water partition coefficient (Wildman–Crippen LogP) is 3.71. The van der Waals surface area contributed by atoms with Gasteiger partial charge in [-0.05, 0) is 43.3 Å². The molecule has 1 aromatic heterocycles. The van der Waals surface area contributed by atoms with Crippen LogP contribution in [0.1, 0.15) is 23.8 Å². The van der Waals surface area contributed by atoms with Crippen LogP contribution < -0.4 is 9.64 Å². The van der Waals surface area contributed by atoms with E-state index in [2.05, 4.69) is 10.1 Å².